The van der Waals surface area contributed by atoms with Crippen molar-refractivity contribution in [2.75, 3.05) is 6.61 Å². The molecule has 0 aliphatic carbocycles. The molecule has 7 heteroatoms. The lowest BCUT2D eigenvalue weighted by Gasteiger charge is -2.50. The topological polar surface area (TPSA) is 46.2 Å². The van der Waals surface area contributed by atoms with Gasteiger partial charge in [-0.3, -0.25) is 0 Å². The largest absolute Gasteiger partial charge is 0.408 e. The monoisotopic (exact) mass is 656 g/mol. The highest BCUT2D eigenvalue weighted by molar-refractivity contribution is 7.99. The van der Waals surface area contributed by atoms with E-state index < -0.39 is 26.6 Å². The molecule has 0 saturated carbocycles. The van der Waals surface area contributed by atoms with E-state index >= 15 is 0 Å². The minimum Gasteiger partial charge on any atom is -0.408 e. The summed E-state index contributed by atoms with van der Waals surface area (Å²) in [5.74, 6) is 0. The van der Waals surface area contributed by atoms with Crippen molar-refractivity contribution in [1.29, 1.82) is 0 Å². The standard InChI is InChI=1S/C39H48O5SSi/c1-39(2,3)46(4,5)44-35-34(29-40-26-30-18-10-6-11-19-30)43-38(45-33-24-16-9-17-25-33)37(42-28-32-22-14-8-15-23-32)36(35)41-27-31-20-12-7-13-21-31/h6-25,34-38H,26-29H2,1-5H3/t34?,35-,36?,37?,38+/m1/s1. The van der Waals surface area contributed by atoms with Crippen LogP contribution in [0.4, 0.5) is 0 Å². The molecule has 1 aliphatic rings. The summed E-state index contributed by atoms with van der Waals surface area (Å²) in [6.07, 6.45) is -1.57. The van der Waals surface area contributed by atoms with Crippen molar-refractivity contribution in [2.24, 2.45) is 0 Å². The molecule has 5 nitrogen and oxygen atoms in total. The van der Waals surface area contributed by atoms with E-state index in [-0.39, 0.29) is 16.6 Å². The summed E-state index contributed by atoms with van der Waals surface area (Å²) in [4.78, 5) is 1.11. The smallest absolute Gasteiger partial charge is 0.192 e. The summed E-state index contributed by atoms with van der Waals surface area (Å²) in [5.41, 5.74) is 2.97. The minimum atomic E-state index is -2.28. The van der Waals surface area contributed by atoms with Crippen molar-refractivity contribution >= 4 is 20.1 Å². The number of hydrogen-bond acceptors (Lipinski definition) is 6. The Morgan fingerprint density at radius 2 is 1.07 bits per heavy atom. The third kappa shape index (κ3) is 9.64. The molecule has 0 N–H and O–H groups in total. The summed E-state index contributed by atoms with van der Waals surface area (Å²) in [7, 11) is -2.28. The molecule has 3 unspecified atom stereocenters. The summed E-state index contributed by atoms with van der Waals surface area (Å²) in [5, 5.41) is -0.0115. The average Bonchev–Trinajstić information content (AvgIpc) is 3.06. The molecule has 0 amide bonds. The van der Waals surface area contributed by atoms with Crippen molar-refractivity contribution < 1.29 is 23.4 Å². The molecule has 5 rings (SSSR count). The Bertz CT molecular complexity index is 1430. The molecule has 1 fully saturated rings. The van der Waals surface area contributed by atoms with Crippen molar-refractivity contribution in [3.05, 3.63) is 138 Å². The van der Waals surface area contributed by atoms with Crippen LogP contribution in [0.5, 0.6) is 0 Å². The Hall–Kier alpha value is -2.75. The number of benzene rings is 4. The SMILES string of the molecule is CC(C)(C)[Si](C)(C)O[C@@H]1C(COCc2ccccc2)O[C@@H](Sc2ccccc2)C(OCc2ccccc2)C1OCc1ccccc1. The molecule has 5 atom stereocenters. The van der Waals surface area contributed by atoms with E-state index in [0.29, 0.717) is 26.4 Å². The lowest BCUT2D eigenvalue weighted by molar-refractivity contribution is -0.237. The zero-order chi connectivity index (χ0) is 32.4. The van der Waals surface area contributed by atoms with Gasteiger partial charge in [-0.1, -0.05) is 142 Å². The van der Waals surface area contributed by atoms with Crippen LogP contribution in [-0.2, 0) is 43.2 Å². The van der Waals surface area contributed by atoms with E-state index in [1.807, 2.05) is 60.7 Å². The molecule has 0 radical (unpaired) electrons. The highest BCUT2D eigenvalue weighted by atomic mass is 32.2. The molecule has 4 aromatic carbocycles. The molecule has 1 saturated heterocycles. The molecular formula is C39H48O5SSi. The summed E-state index contributed by atoms with van der Waals surface area (Å²) < 4.78 is 34.4. The second kappa shape index (κ2) is 16.4. The van der Waals surface area contributed by atoms with E-state index in [1.54, 1.807) is 11.8 Å². The van der Waals surface area contributed by atoms with Crippen LogP contribution >= 0.6 is 11.8 Å². The first-order chi connectivity index (χ1) is 22.2. The van der Waals surface area contributed by atoms with Gasteiger partial charge >= 0.3 is 0 Å². The summed E-state index contributed by atoms with van der Waals surface area (Å²) in [6.45, 7) is 13.1. The van der Waals surface area contributed by atoms with E-state index in [0.717, 1.165) is 21.6 Å². The van der Waals surface area contributed by atoms with Gasteiger partial charge in [0.1, 0.15) is 29.9 Å². The maximum absolute atomic E-state index is 7.26. The molecule has 0 spiro atoms. The summed E-state index contributed by atoms with van der Waals surface area (Å²) in [6, 6.07) is 41.2. The Kier molecular flexibility index (Phi) is 12.3. The first-order valence-corrected chi connectivity index (χ1v) is 20.0. The van der Waals surface area contributed by atoms with Crippen LogP contribution < -0.4 is 0 Å². The molecular weight excluding hydrogens is 609 g/mol. The Morgan fingerprint density at radius 3 is 1.57 bits per heavy atom. The number of ether oxygens (including phenoxy) is 4. The second-order valence-corrected chi connectivity index (χ2v) is 19.3. The van der Waals surface area contributed by atoms with Gasteiger partial charge in [-0.25, -0.2) is 0 Å². The highest BCUT2D eigenvalue weighted by Crippen LogP contribution is 2.43. The highest BCUT2D eigenvalue weighted by Gasteiger charge is 2.52. The quantitative estimate of drug-likeness (QED) is 0.126. The normalized spacial score (nSPS) is 22.1. The van der Waals surface area contributed by atoms with Crippen LogP contribution in [0.1, 0.15) is 37.5 Å². The van der Waals surface area contributed by atoms with Gasteiger partial charge in [0.2, 0.25) is 0 Å². The minimum absolute atomic E-state index is 0.0115. The van der Waals surface area contributed by atoms with Crippen LogP contribution in [0.2, 0.25) is 18.1 Å². The van der Waals surface area contributed by atoms with Crippen molar-refractivity contribution in [3.63, 3.8) is 0 Å². The average molecular weight is 657 g/mol. The Labute approximate surface area is 280 Å². The van der Waals surface area contributed by atoms with Crippen molar-refractivity contribution in [1.82, 2.24) is 0 Å². The number of rotatable bonds is 14. The van der Waals surface area contributed by atoms with Gasteiger partial charge in [0.15, 0.2) is 8.32 Å². The fourth-order valence-electron chi connectivity index (χ4n) is 5.17. The Morgan fingerprint density at radius 1 is 0.609 bits per heavy atom. The second-order valence-electron chi connectivity index (χ2n) is 13.3. The van der Waals surface area contributed by atoms with Crippen LogP contribution in [0.25, 0.3) is 0 Å². The third-order valence-corrected chi connectivity index (χ3v) is 14.4. The van der Waals surface area contributed by atoms with Gasteiger partial charge in [0.05, 0.1) is 26.4 Å². The van der Waals surface area contributed by atoms with E-state index in [2.05, 4.69) is 94.5 Å². The van der Waals surface area contributed by atoms with E-state index in [4.69, 9.17) is 23.4 Å². The van der Waals surface area contributed by atoms with Gasteiger partial charge in [0, 0.05) is 4.90 Å². The fraction of sp³-hybridized carbons (Fsp3) is 0.385. The van der Waals surface area contributed by atoms with Crippen LogP contribution in [0, 0.1) is 0 Å². The number of thioether (sulfide) groups is 1. The fourth-order valence-corrected chi connectivity index (χ4v) is 7.63. The van der Waals surface area contributed by atoms with Crippen LogP contribution in [0.15, 0.2) is 126 Å². The van der Waals surface area contributed by atoms with Crippen molar-refractivity contribution in [3.8, 4) is 0 Å². The van der Waals surface area contributed by atoms with Gasteiger partial charge in [-0.2, -0.15) is 0 Å². The van der Waals surface area contributed by atoms with Gasteiger partial charge in [0.25, 0.3) is 0 Å². The van der Waals surface area contributed by atoms with E-state index in [1.165, 1.54) is 0 Å². The lowest BCUT2D eigenvalue weighted by Crippen LogP contribution is -2.63. The molecule has 1 heterocycles. The first-order valence-electron chi connectivity index (χ1n) is 16.2. The molecule has 4 aromatic rings. The van der Waals surface area contributed by atoms with Crippen LogP contribution in [-0.4, -0.2) is 44.8 Å². The molecule has 1 aliphatic heterocycles. The maximum Gasteiger partial charge on any atom is 0.192 e. The zero-order valence-corrected chi connectivity index (χ0v) is 29.5. The Balaban J connectivity index is 1.50. The predicted molar refractivity (Wildman–Crippen MR) is 189 cm³/mol. The predicted octanol–water partition coefficient (Wildman–Crippen LogP) is 9.28. The number of hydrogen-bond donors (Lipinski definition) is 0. The third-order valence-electron chi connectivity index (χ3n) is 8.79. The van der Waals surface area contributed by atoms with Gasteiger partial charge < -0.3 is 23.4 Å². The van der Waals surface area contributed by atoms with Crippen molar-refractivity contribution in [2.45, 2.75) is 93.5 Å². The van der Waals surface area contributed by atoms with Gasteiger partial charge in [-0.05, 0) is 47.0 Å². The maximum atomic E-state index is 7.26. The van der Waals surface area contributed by atoms with E-state index in [9.17, 15) is 0 Å². The summed E-state index contributed by atoms with van der Waals surface area (Å²) >= 11 is 1.67. The molecule has 244 valence electrons. The zero-order valence-electron chi connectivity index (χ0n) is 27.7. The van der Waals surface area contributed by atoms with Gasteiger partial charge in [-0.15, -0.1) is 0 Å². The molecule has 46 heavy (non-hydrogen) atoms. The lowest BCUT2D eigenvalue weighted by atomic mass is 9.99. The van der Waals surface area contributed by atoms with Crippen LogP contribution in [0.3, 0.4) is 0 Å². The molecule has 0 bridgehead atoms. The molecule has 0 aromatic heterocycles. The first kappa shape index (κ1) is 34.6.